The molecule has 0 saturated carbocycles. The number of benzene rings is 1. The highest BCUT2D eigenvalue weighted by atomic mass is 16.5. The molecule has 140 valence electrons. The van der Waals surface area contributed by atoms with Crippen LogP contribution in [-0.4, -0.2) is 47.5 Å². The Morgan fingerprint density at radius 1 is 1.22 bits per heavy atom. The highest BCUT2D eigenvalue weighted by Gasteiger charge is 2.23. The number of pyridine rings is 1. The Morgan fingerprint density at radius 3 is 2.89 bits per heavy atom. The topological polar surface area (TPSA) is 71.5 Å². The van der Waals surface area contributed by atoms with E-state index in [1.165, 1.54) is 17.3 Å². The molecule has 1 saturated heterocycles. The Kier molecular flexibility index (Phi) is 5.16. The van der Waals surface area contributed by atoms with Gasteiger partial charge in [-0.1, -0.05) is 24.3 Å². The lowest BCUT2D eigenvalue weighted by Crippen LogP contribution is -2.36. The molecule has 4 rings (SSSR count). The number of amides is 2. The summed E-state index contributed by atoms with van der Waals surface area (Å²) in [5.74, 6) is -0.343. The van der Waals surface area contributed by atoms with E-state index >= 15 is 0 Å². The first kappa shape index (κ1) is 17.7. The SMILES string of the molecule is O=C(NCC1CCCO1)c1ccnc(C(=O)N2CCc3ccccc3C2)c1. The summed E-state index contributed by atoms with van der Waals surface area (Å²) in [4.78, 5) is 31.2. The molecule has 1 unspecified atom stereocenters. The molecule has 0 aliphatic carbocycles. The number of hydrogen-bond donors (Lipinski definition) is 1. The van der Waals surface area contributed by atoms with Crippen molar-refractivity contribution in [3.8, 4) is 0 Å². The number of fused-ring (bicyclic) bond motifs is 1. The maximum Gasteiger partial charge on any atom is 0.272 e. The quantitative estimate of drug-likeness (QED) is 0.902. The van der Waals surface area contributed by atoms with Gasteiger partial charge in [0, 0.05) is 38.0 Å². The smallest absolute Gasteiger partial charge is 0.272 e. The van der Waals surface area contributed by atoms with Crippen LogP contribution in [0.2, 0.25) is 0 Å². The van der Waals surface area contributed by atoms with E-state index in [9.17, 15) is 9.59 Å². The molecule has 0 spiro atoms. The van der Waals surface area contributed by atoms with Gasteiger partial charge in [0.15, 0.2) is 0 Å². The molecule has 27 heavy (non-hydrogen) atoms. The number of carbonyl (C=O) groups excluding carboxylic acids is 2. The van der Waals surface area contributed by atoms with Crippen molar-refractivity contribution in [1.82, 2.24) is 15.2 Å². The molecule has 1 fully saturated rings. The van der Waals surface area contributed by atoms with Crippen LogP contribution in [0.1, 0.15) is 44.8 Å². The van der Waals surface area contributed by atoms with Gasteiger partial charge in [0.25, 0.3) is 11.8 Å². The van der Waals surface area contributed by atoms with Gasteiger partial charge in [0.05, 0.1) is 6.10 Å². The van der Waals surface area contributed by atoms with Crippen molar-refractivity contribution in [3.63, 3.8) is 0 Å². The summed E-state index contributed by atoms with van der Waals surface area (Å²) >= 11 is 0. The Hall–Kier alpha value is -2.73. The van der Waals surface area contributed by atoms with Gasteiger partial charge in [-0.15, -0.1) is 0 Å². The second-order valence-electron chi connectivity index (χ2n) is 7.02. The number of ether oxygens (including phenoxy) is 1. The van der Waals surface area contributed by atoms with Crippen LogP contribution in [0.25, 0.3) is 0 Å². The fourth-order valence-corrected chi connectivity index (χ4v) is 3.63. The van der Waals surface area contributed by atoms with Crippen LogP contribution in [0.3, 0.4) is 0 Å². The number of nitrogens with one attached hydrogen (secondary N) is 1. The minimum absolute atomic E-state index is 0.0882. The van der Waals surface area contributed by atoms with Crippen LogP contribution in [-0.2, 0) is 17.7 Å². The number of hydrogen-bond acceptors (Lipinski definition) is 4. The number of carbonyl (C=O) groups is 2. The third-order valence-electron chi connectivity index (χ3n) is 5.17. The zero-order valence-corrected chi connectivity index (χ0v) is 15.2. The molecule has 0 bridgehead atoms. The lowest BCUT2D eigenvalue weighted by Gasteiger charge is -2.28. The van der Waals surface area contributed by atoms with Crippen LogP contribution in [0, 0.1) is 0 Å². The van der Waals surface area contributed by atoms with E-state index in [2.05, 4.69) is 22.4 Å². The third kappa shape index (κ3) is 4.01. The molecule has 1 N–H and O–H groups in total. The van der Waals surface area contributed by atoms with E-state index in [-0.39, 0.29) is 17.9 Å². The van der Waals surface area contributed by atoms with Gasteiger partial charge in [0.2, 0.25) is 0 Å². The molecule has 2 aromatic rings. The van der Waals surface area contributed by atoms with Gasteiger partial charge >= 0.3 is 0 Å². The molecule has 3 heterocycles. The van der Waals surface area contributed by atoms with Crippen molar-refractivity contribution < 1.29 is 14.3 Å². The molecule has 2 aliphatic rings. The maximum absolute atomic E-state index is 12.9. The number of nitrogens with zero attached hydrogens (tertiary/aromatic N) is 2. The molecule has 1 aromatic carbocycles. The second-order valence-corrected chi connectivity index (χ2v) is 7.02. The minimum atomic E-state index is -0.203. The number of rotatable bonds is 4. The Balaban J connectivity index is 1.42. The van der Waals surface area contributed by atoms with E-state index in [0.717, 1.165) is 25.9 Å². The van der Waals surface area contributed by atoms with Crippen molar-refractivity contribution in [2.45, 2.75) is 31.9 Å². The van der Waals surface area contributed by atoms with Crippen molar-refractivity contribution in [3.05, 3.63) is 65.0 Å². The Labute approximate surface area is 158 Å². The molecule has 1 aromatic heterocycles. The van der Waals surface area contributed by atoms with Crippen LogP contribution >= 0.6 is 0 Å². The molecule has 2 aliphatic heterocycles. The summed E-state index contributed by atoms with van der Waals surface area (Å²) in [6.45, 7) is 2.49. The van der Waals surface area contributed by atoms with Crippen molar-refractivity contribution in [1.29, 1.82) is 0 Å². The van der Waals surface area contributed by atoms with Crippen LogP contribution in [0.4, 0.5) is 0 Å². The van der Waals surface area contributed by atoms with Gasteiger partial charge < -0.3 is 15.0 Å². The third-order valence-corrected chi connectivity index (χ3v) is 5.17. The summed E-state index contributed by atoms with van der Waals surface area (Å²) in [6.07, 6.45) is 4.45. The highest BCUT2D eigenvalue weighted by molar-refractivity contribution is 5.98. The van der Waals surface area contributed by atoms with Crippen LogP contribution < -0.4 is 5.32 Å². The van der Waals surface area contributed by atoms with Crippen LogP contribution in [0.15, 0.2) is 42.6 Å². The predicted octanol–water partition coefficient (Wildman–Crippen LogP) is 2.19. The molecule has 1 atom stereocenters. The van der Waals surface area contributed by atoms with Gasteiger partial charge in [0.1, 0.15) is 5.69 Å². The molecule has 0 radical (unpaired) electrons. The van der Waals surface area contributed by atoms with Crippen LogP contribution in [0.5, 0.6) is 0 Å². The average molecular weight is 365 g/mol. The van der Waals surface area contributed by atoms with E-state index in [0.29, 0.717) is 30.9 Å². The summed E-state index contributed by atoms with van der Waals surface area (Å²) in [5, 5.41) is 2.88. The number of aromatic nitrogens is 1. The second kappa shape index (κ2) is 7.88. The monoisotopic (exact) mass is 365 g/mol. The molecule has 6 heteroatoms. The summed E-state index contributed by atoms with van der Waals surface area (Å²) in [5.41, 5.74) is 3.21. The van der Waals surface area contributed by atoms with Gasteiger partial charge in [-0.05, 0) is 42.5 Å². The van der Waals surface area contributed by atoms with Crippen molar-refractivity contribution in [2.75, 3.05) is 19.7 Å². The first-order valence-electron chi connectivity index (χ1n) is 9.42. The summed E-state index contributed by atoms with van der Waals surface area (Å²) in [7, 11) is 0. The Morgan fingerprint density at radius 2 is 2.07 bits per heavy atom. The van der Waals surface area contributed by atoms with Crippen molar-refractivity contribution in [2.24, 2.45) is 0 Å². The lowest BCUT2D eigenvalue weighted by molar-refractivity contribution is 0.0728. The van der Waals surface area contributed by atoms with E-state index < -0.39 is 0 Å². The zero-order chi connectivity index (χ0) is 18.6. The highest BCUT2D eigenvalue weighted by Crippen LogP contribution is 2.20. The van der Waals surface area contributed by atoms with Gasteiger partial charge in [-0.25, -0.2) is 0 Å². The normalized spacial score (nSPS) is 18.8. The Bertz CT molecular complexity index is 846. The lowest BCUT2D eigenvalue weighted by atomic mass is 9.99. The van der Waals surface area contributed by atoms with E-state index in [1.54, 1.807) is 17.0 Å². The zero-order valence-electron chi connectivity index (χ0n) is 15.2. The first-order valence-corrected chi connectivity index (χ1v) is 9.42. The van der Waals surface area contributed by atoms with E-state index in [4.69, 9.17) is 4.74 Å². The fraction of sp³-hybridized carbons (Fsp3) is 0.381. The standard InChI is InChI=1S/C21H23N3O3/c25-20(23-13-18-6-3-11-27-18)16-7-9-22-19(12-16)21(26)24-10-8-15-4-1-2-5-17(15)14-24/h1-2,4-5,7,9,12,18H,3,6,8,10-11,13-14H2,(H,23,25). The maximum atomic E-state index is 12.9. The largest absolute Gasteiger partial charge is 0.376 e. The predicted molar refractivity (Wildman–Crippen MR) is 100 cm³/mol. The summed E-state index contributed by atoms with van der Waals surface area (Å²) < 4.78 is 5.52. The molecular formula is C21H23N3O3. The van der Waals surface area contributed by atoms with Gasteiger partial charge in [-0.2, -0.15) is 0 Å². The molecule has 2 amide bonds. The fourth-order valence-electron chi connectivity index (χ4n) is 3.63. The van der Waals surface area contributed by atoms with E-state index in [1.807, 2.05) is 12.1 Å². The van der Waals surface area contributed by atoms with Crippen molar-refractivity contribution >= 4 is 11.8 Å². The molecular weight excluding hydrogens is 342 g/mol. The average Bonchev–Trinajstić information content (AvgIpc) is 3.25. The minimum Gasteiger partial charge on any atom is -0.376 e. The molecule has 6 nitrogen and oxygen atoms in total. The van der Waals surface area contributed by atoms with Gasteiger partial charge in [-0.3, -0.25) is 14.6 Å². The summed E-state index contributed by atoms with van der Waals surface area (Å²) in [6, 6.07) is 11.4. The first-order chi connectivity index (χ1) is 13.2.